The first-order chi connectivity index (χ1) is 5.20. The van der Waals surface area contributed by atoms with E-state index in [0.717, 1.165) is 0 Å². The number of nitrogens with zero attached hydrogens (tertiary/aromatic N) is 2. The van der Waals surface area contributed by atoms with Crippen LogP contribution in [0.25, 0.3) is 0 Å². The smallest absolute Gasteiger partial charge is 0.303 e. The summed E-state index contributed by atoms with van der Waals surface area (Å²) in [6.07, 6.45) is 0.788. The number of hydrogen-bond donors (Lipinski definition) is 2. The Morgan fingerprint density at radius 2 is 2.45 bits per heavy atom. The number of nitriles is 1. The Bertz CT molecular complexity index is 185. The molecule has 0 aliphatic carbocycles. The summed E-state index contributed by atoms with van der Waals surface area (Å²) in [6, 6.07) is 1.11. The zero-order chi connectivity index (χ0) is 8.69. The second kappa shape index (κ2) is 5.35. The Morgan fingerprint density at radius 3 is 2.82 bits per heavy atom. The lowest BCUT2D eigenvalue weighted by Gasteiger charge is -1.97. The Hall–Kier alpha value is -1.44. The molecule has 60 valence electrons. The van der Waals surface area contributed by atoms with Crippen molar-refractivity contribution in [2.75, 3.05) is 0 Å². The predicted molar refractivity (Wildman–Crippen MR) is 36.0 cm³/mol. The molecule has 0 amide bonds. The molecule has 0 aromatic heterocycles. The van der Waals surface area contributed by atoms with Gasteiger partial charge in [0.2, 0.25) is 0 Å². The molecule has 0 aliphatic rings. The number of carboxylic acids is 1. The summed E-state index contributed by atoms with van der Waals surface area (Å²) >= 11 is 0. The van der Waals surface area contributed by atoms with Gasteiger partial charge in [0.15, 0.2) is 6.04 Å². The standard InChI is InChI=1S/C6H9N3O2/c7-4-5(9-8)2-1-3-6(10)11/h5,8H,1-3H2,(H,10,11). The molecule has 0 rings (SSSR count). The van der Waals surface area contributed by atoms with Crippen molar-refractivity contribution in [2.45, 2.75) is 25.3 Å². The Kier molecular flexibility index (Phi) is 4.65. The van der Waals surface area contributed by atoms with Gasteiger partial charge in [-0.05, 0) is 12.8 Å². The number of aliphatic carboxylic acids is 1. The van der Waals surface area contributed by atoms with Crippen molar-refractivity contribution in [3.8, 4) is 6.07 Å². The first-order valence-corrected chi connectivity index (χ1v) is 3.18. The first kappa shape index (κ1) is 9.56. The lowest BCUT2D eigenvalue weighted by Crippen LogP contribution is -2.01. The zero-order valence-corrected chi connectivity index (χ0v) is 5.95. The van der Waals surface area contributed by atoms with E-state index < -0.39 is 12.0 Å². The summed E-state index contributed by atoms with van der Waals surface area (Å²) in [7, 11) is 0. The van der Waals surface area contributed by atoms with Gasteiger partial charge in [0.05, 0.1) is 6.07 Å². The fourth-order valence-corrected chi connectivity index (χ4v) is 0.605. The highest BCUT2D eigenvalue weighted by atomic mass is 16.4. The lowest BCUT2D eigenvalue weighted by atomic mass is 10.1. The van der Waals surface area contributed by atoms with Gasteiger partial charge >= 0.3 is 5.97 Å². The SMILES string of the molecule is N#CC(CCCC(=O)O)N=N. The molecule has 0 aliphatic heterocycles. The van der Waals surface area contributed by atoms with Crippen LogP contribution < -0.4 is 0 Å². The van der Waals surface area contributed by atoms with E-state index in [9.17, 15) is 4.79 Å². The number of rotatable bonds is 5. The van der Waals surface area contributed by atoms with Crippen molar-refractivity contribution in [3.63, 3.8) is 0 Å². The fraction of sp³-hybridized carbons (Fsp3) is 0.667. The first-order valence-electron chi connectivity index (χ1n) is 3.18. The fourth-order valence-electron chi connectivity index (χ4n) is 0.605. The molecule has 0 radical (unpaired) electrons. The van der Waals surface area contributed by atoms with E-state index >= 15 is 0 Å². The molecule has 5 heteroatoms. The average molecular weight is 155 g/mol. The number of hydrogen-bond acceptors (Lipinski definition) is 4. The maximum absolute atomic E-state index is 10.00. The van der Waals surface area contributed by atoms with Crippen LogP contribution in [0, 0.1) is 16.9 Å². The monoisotopic (exact) mass is 155 g/mol. The zero-order valence-electron chi connectivity index (χ0n) is 5.95. The third-order valence-electron chi connectivity index (χ3n) is 1.17. The topological polar surface area (TPSA) is 97.3 Å². The maximum atomic E-state index is 10.00. The summed E-state index contributed by atoms with van der Waals surface area (Å²) in [5.41, 5.74) is 6.50. The number of nitrogens with one attached hydrogen (secondary N) is 1. The van der Waals surface area contributed by atoms with Gasteiger partial charge in [-0.3, -0.25) is 4.79 Å². The quantitative estimate of drug-likeness (QED) is 0.583. The van der Waals surface area contributed by atoms with Crippen molar-refractivity contribution in [3.05, 3.63) is 0 Å². The molecule has 5 nitrogen and oxygen atoms in total. The van der Waals surface area contributed by atoms with Gasteiger partial charge < -0.3 is 5.11 Å². The highest BCUT2D eigenvalue weighted by Gasteiger charge is 2.05. The molecule has 0 spiro atoms. The second-order valence-corrected chi connectivity index (χ2v) is 2.06. The van der Waals surface area contributed by atoms with Crippen molar-refractivity contribution in [1.29, 1.82) is 10.8 Å². The Labute approximate surface area is 64.1 Å². The molecular weight excluding hydrogens is 146 g/mol. The van der Waals surface area contributed by atoms with Crippen molar-refractivity contribution in [1.82, 2.24) is 0 Å². The molecular formula is C6H9N3O2. The average Bonchev–Trinajstić information content (AvgIpc) is 1.98. The van der Waals surface area contributed by atoms with Gasteiger partial charge in [0.1, 0.15) is 0 Å². The molecule has 2 N–H and O–H groups in total. The van der Waals surface area contributed by atoms with Crippen LogP contribution >= 0.6 is 0 Å². The minimum absolute atomic E-state index is 0.0354. The van der Waals surface area contributed by atoms with Gasteiger partial charge in [0, 0.05) is 6.42 Å². The third kappa shape index (κ3) is 5.03. The van der Waals surface area contributed by atoms with Gasteiger partial charge in [-0.2, -0.15) is 10.4 Å². The van der Waals surface area contributed by atoms with Crippen LogP contribution in [0.4, 0.5) is 0 Å². The number of carbonyl (C=O) groups is 1. The molecule has 0 aromatic carbocycles. The van der Waals surface area contributed by atoms with Crippen LogP contribution in [-0.2, 0) is 4.79 Å². The molecule has 0 aromatic rings. The van der Waals surface area contributed by atoms with Crippen LogP contribution in [0.3, 0.4) is 0 Å². The van der Waals surface area contributed by atoms with E-state index in [-0.39, 0.29) is 6.42 Å². The van der Waals surface area contributed by atoms with Gasteiger partial charge in [-0.1, -0.05) is 0 Å². The molecule has 0 fully saturated rings. The van der Waals surface area contributed by atoms with Crippen LogP contribution in [-0.4, -0.2) is 17.1 Å². The summed E-state index contributed by atoms with van der Waals surface area (Å²) < 4.78 is 0. The maximum Gasteiger partial charge on any atom is 0.303 e. The van der Waals surface area contributed by atoms with E-state index in [4.69, 9.17) is 15.9 Å². The highest BCUT2D eigenvalue weighted by Crippen LogP contribution is 2.02. The van der Waals surface area contributed by atoms with E-state index in [1.165, 1.54) is 0 Å². The van der Waals surface area contributed by atoms with Gasteiger partial charge in [0.25, 0.3) is 0 Å². The predicted octanol–water partition coefficient (Wildman–Crippen LogP) is 1.16. The van der Waals surface area contributed by atoms with Crippen LogP contribution in [0.15, 0.2) is 5.11 Å². The minimum atomic E-state index is -0.883. The molecule has 1 unspecified atom stereocenters. The highest BCUT2D eigenvalue weighted by molar-refractivity contribution is 5.66. The van der Waals surface area contributed by atoms with E-state index in [0.29, 0.717) is 12.8 Å². The van der Waals surface area contributed by atoms with E-state index in [2.05, 4.69) is 5.11 Å². The lowest BCUT2D eigenvalue weighted by molar-refractivity contribution is -0.137. The molecule has 0 saturated carbocycles. The van der Waals surface area contributed by atoms with Gasteiger partial charge in [-0.25, -0.2) is 5.53 Å². The minimum Gasteiger partial charge on any atom is -0.481 e. The second-order valence-electron chi connectivity index (χ2n) is 2.06. The van der Waals surface area contributed by atoms with Crippen LogP contribution in [0.2, 0.25) is 0 Å². The molecule has 0 bridgehead atoms. The van der Waals surface area contributed by atoms with Crippen molar-refractivity contribution < 1.29 is 9.90 Å². The molecule has 0 saturated heterocycles. The van der Waals surface area contributed by atoms with Crippen molar-refractivity contribution in [2.24, 2.45) is 5.11 Å². The molecule has 1 atom stereocenters. The van der Waals surface area contributed by atoms with Crippen LogP contribution in [0.5, 0.6) is 0 Å². The van der Waals surface area contributed by atoms with E-state index in [1.54, 1.807) is 6.07 Å². The summed E-state index contributed by atoms with van der Waals surface area (Å²) in [5.74, 6) is -0.883. The Morgan fingerprint density at radius 1 is 1.82 bits per heavy atom. The summed E-state index contributed by atoms with van der Waals surface area (Å²) in [4.78, 5) is 10.00. The van der Waals surface area contributed by atoms with Crippen molar-refractivity contribution >= 4 is 5.97 Å². The molecule has 0 heterocycles. The van der Waals surface area contributed by atoms with Crippen LogP contribution in [0.1, 0.15) is 19.3 Å². The Balaban J connectivity index is 3.45. The normalized spacial score (nSPS) is 11.5. The van der Waals surface area contributed by atoms with E-state index in [1.807, 2.05) is 0 Å². The third-order valence-corrected chi connectivity index (χ3v) is 1.17. The number of carboxylic acid groups (broad SMARTS) is 1. The largest absolute Gasteiger partial charge is 0.481 e. The van der Waals surface area contributed by atoms with Gasteiger partial charge in [-0.15, -0.1) is 0 Å². The molecule has 11 heavy (non-hydrogen) atoms. The summed E-state index contributed by atoms with van der Waals surface area (Å²) in [6.45, 7) is 0. The summed E-state index contributed by atoms with van der Waals surface area (Å²) in [5, 5.41) is 19.5.